The zero-order valence-electron chi connectivity index (χ0n) is 12.5. The molecule has 2 aromatic rings. The number of benzene rings is 2. The van der Waals surface area contributed by atoms with Gasteiger partial charge in [-0.05, 0) is 49.2 Å². The molecule has 0 atom stereocenters. The number of aryl methyl sites for hydroxylation is 1. The lowest BCUT2D eigenvalue weighted by Crippen LogP contribution is -2.06. The molecule has 0 aromatic heterocycles. The van der Waals surface area contributed by atoms with Gasteiger partial charge in [-0.25, -0.2) is 0 Å². The van der Waals surface area contributed by atoms with Crippen LogP contribution in [0.5, 0.6) is 11.5 Å². The van der Waals surface area contributed by atoms with Crippen LogP contribution in [0.1, 0.15) is 17.5 Å². The molecule has 0 heterocycles. The van der Waals surface area contributed by atoms with Crippen molar-refractivity contribution in [1.29, 1.82) is 0 Å². The third-order valence-electron chi connectivity index (χ3n) is 3.30. The Hall–Kier alpha value is -2.61. The average molecular weight is 340 g/mol. The van der Waals surface area contributed by atoms with Gasteiger partial charge >= 0.3 is 11.9 Å². The topological polar surface area (TPSA) is 78.4 Å². The van der Waals surface area contributed by atoms with E-state index >= 15 is 0 Å². The van der Waals surface area contributed by atoms with Crippen LogP contribution in [-0.4, -0.2) is 11.5 Å². The first-order chi connectivity index (χ1) is 11.3. The lowest BCUT2D eigenvalue weighted by molar-refractivity contribution is -0.385. The molecule has 24 heavy (non-hydrogen) atoms. The van der Waals surface area contributed by atoms with Gasteiger partial charge in [-0.3, -0.25) is 10.1 Å². The van der Waals surface area contributed by atoms with Crippen LogP contribution in [0.4, 0.5) is 18.9 Å². The molecule has 0 aliphatic heterocycles. The van der Waals surface area contributed by atoms with E-state index in [1.807, 2.05) is 0 Å². The summed E-state index contributed by atoms with van der Waals surface area (Å²) in [5.74, 6) is 0.0528. The number of nitro benzene ring substituents is 1. The van der Waals surface area contributed by atoms with Crippen LogP contribution in [0.25, 0.3) is 0 Å². The molecule has 0 aliphatic carbocycles. The van der Waals surface area contributed by atoms with Crippen LogP contribution in [0.2, 0.25) is 0 Å². The minimum atomic E-state index is -4.66. The van der Waals surface area contributed by atoms with Crippen LogP contribution in [-0.2, 0) is 12.6 Å². The zero-order valence-corrected chi connectivity index (χ0v) is 12.5. The first-order valence-electron chi connectivity index (χ1n) is 7.14. The largest absolute Gasteiger partial charge is 0.450 e. The van der Waals surface area contributed by atoms with Crippen molar-refractivity contribution < 1.29 is 22.8 Å². The lowest BCUT2D eigenvalue weighted by Gasteiger charge is -2.10. The Bertz CT molecular complexity index is 715. The van der Waals surface area contributed by atoms with Gasteiger partial charge in [0, 0.05) is 6.07 Å². The third-order valence-corrected chi connectivity index (χ3v) is 3.30. The monoisotopic (exact) mass is 340 g/mol. The molecule has 8 heteroatoms. The molecule has 0 bridgehead atoms. The van der Waals surface area contributed by atoms with Crippen molar-refractivity contribution in [3.8, 4) is 11.5 Å². The second kappa shape index (κ2) is 7.31. The number of hydrogen-bond acceptors (Lipinski definition) is 4. The molecular weight excluding hydrogens is 325 g/mol. The van der Waals surface area contributed by atoms with Gasteiger partial charge in [0.1, 0.15) is 5.75 Å². The van der Waals surface area contributed by atoms with Crippen molar-refractivity contribution in [3.05, 3.63) is 63.7 Å². The Morgan fingerprint density at radius 1 is 1.12 bits per heavy atom. The fraction of sp³-hybridized carbons (Fsp3) is 0.250. The summed E-state index contributed by atoms with van der Waals surface area (Å²) >= 11 is 0. The number of halogens is 3. The summed E-state index contributed by atoms with van der Waals surface area (Å²) in [4.78, 5) is 10.1. The molecule has 2 aromatic carbocycles. The van der Waals surface area contributed by atoms with Crippen LogP contribution < -0.4 is 10.5 Å². The number of nitrogens with zero attached hydrogens (tertiary/aromatic N) is 1. The maximum atomic E-state index is 12.7. The number of ether oxygens (including phenoxy) is 1. The fourth-order valence-corrected chi connectivity index (χ4v) is 2.08. The molecule has 2 N–H and O–H groups in total. The molecule has 128 valence electrons. The van der Waals surface area contributed by atoms with Gasteiger partial charge in [0.15, 0.2) is 0 Å². The van der Waals surface area contributed by atoms with Crippen molar-refractivity contribution >= 4 is 5.69 Å². The highest BCUT2D eigenvalue weighted by atomic mass is 19.4. The number of nitro groups is 1. The number of nitrogens with two attached hydrogens (primary N) is 1. The minimum absolute atomic E-state index is 0.247. The third kappa shape index (κ3) is 4.45. The molecule has 0 fully saturated rings. The Labute approximate surface area is 136 Å². The molecule has 2 rings (SSSR count). The molecule has 0 saturated carbocycles. The molecule has 0 saturated heterocycles. The van der Waals surface area contributed by atoms with E-state index in [0.29, 0.717) is 18.4 Å². The van der Waals surface area contributed by atoms with Crippen molar-refractivity contribution in [2.24, 2.45) is 5.73 Å². The molecule has 0 radical (unpaired) electrons. The second-order valence-electron chi connectivity index (χ2n) is 5.08. The predicted molar refractivity (Wildman–Crippen MR) is 82.0 cm³/mol. The summed E-state index contributed by atoms with van der Waals surface area (Å²) in [5, 5.41) is 11.0. The summed E-state index contributed by atoms with van der Waals surface area (Å²) in [6.07, 6.45) is -3.05. The standard InChI is InChI=1S/C16H15F3N2O3/c17-16(18,19)12-5-8-15(14(10-12)21(22)23)24-13-6-3-11(4-7-13)2-1-9-20/h3-8,10H,1-2,9,20H2. The summed E-state index contributed by atoms with van der Waals surface area (Å²) in [6, 6.07) is 8.93. The number of hydrogen-bond donors (Lipinski definition) is 1. The van der Waals surface area contributed by atoms with Crippen LogP contribution in [0, 0.1) is 10.1 Å². The van der Waals surface area contributed by atoms with Crippen LogP contribution in [0.3, 0.4) is 0 Å². The number of rotatable bonds is 6. The highest BCUT2D eigenvalue weighted by Gasteiger charge is 2.33. The van der Waals surface area contributed by atoms with Crippen molar-refractivity contribution in [3.63, 3.8) is 0 Å². The van der Waals surface area contributed by atoms with E-state index in [9.17, 15) is 23.3 Å². The van der Waals surface area contributed by atoms with Crippen molar-refractivity contribution in [2.45, 2.75) is 19.0 Å². The van der Waals surface area contributed by atoms with Gasteiger partial charge in [0.05, 0.1) is 10.5 Å². The first-order valence-corrected chi connectivity index (χ1v) is 7.14. The van der Waals surface area contributed by atoms with Gasteiger partial charge < -0.3 is 10.5 Å². The van der Waals surface area contributed by atoms with Gasteiger partial charge in [-0.2, -0.15) is 13.2 Å². The maximum Gasteiger partial charge on any atom is 0.416 e. The number of alkyl halides is 3. The highest BCUT2D eigenvalue weighted by Crippen LogP contribution is 2.37. The van der Waals surface area contributed by atoms with E-state index in [0.717, 1.165) is 30.5 Å². The average Bonchev–Trinajstić information content (AvgIpc) is 2.53. The van der Waals surface area contributed by atoms with Gasteiger partial charge in [0.2, 0.25) is 5.75 Å². The Balaban J connectivity index is 2.24. The summed E-state index contributed by atoms with van der Waals surface area (Å²) in [7, 11) is 0. The molecule has 0 amide bonds. The maximum absolute atomic E-state index is 12.7. The Kier molecular flexibility index (Phi) is 5.40. The van der Waals surface area contributed by atoms with E-state index in [2.05, 4.69) is 0 Å². The van der Waals surface area contributed by atoms with E-state index in [-0.39, 0.29) is 5.75 Å². The van der Waals surface area contributed by atoms with Crippen LogP contribution >= 0.6 is 0 Å². The summed E-state index contributed by atoms with van der Waals surface area (Å²) in [6.45, 7) is 0.565. The van der Waals surface area contributed by atoms with Gasteiger partial charge in [-0.15, -0.1) is 0 Å². The fourth-order valence-electron chi connectivity index (χ4n) is 2.08. The second-order valence-corrected chi connectivity index (χ2v) is 5.08. The Morgan fingerprint density at radius 3 is 2.33 bits per heavy atom. The predicted octanol–water partition coefficient (Wildman–Crippen LogP) is 4.30. The normalized spacial score (nSPS) is 11.3. The molecule has 0 spiro atoms. The zero-order chi connectivity index (χ0) is 17.7. The smallest absolute Gasteiger partial charge is 0.416 e. The van der Waals surface area contributed by atoms with Gasteiger partial charge in [0.25, 0.3) is 0 Å². The summed E-state index contributed by atoms with van der Waals surface area (Å²) in [5.41, 5.74) is 4.61. The SMILES string of the molecule is NCCCc1ccc(Oc2ccc(C(F)(F)F)cc2[N+](=O)[O-])cc1. The molecule has 0 aliphatic rings. The quantitative estimate of drug-likeness (QED) is 0.628. The highest BCUT2D eigenvalue weighted by molar-refractivity contribution is 5.51. The van der Waals surface area contributed by atoms with E-state index in [4.69, 9.17) is 10.5 Å². The summed E-state index contributed by atoms with van der Waals surface area (Å²) < 4.78 is 43.4. The van der Waals surface area contributed by atoms with Crippen molar-refractivity contribution in [1.82, 2.24) is 0 Å². The van der Waals surface area contributed by atoms with E-state index in [1.165, 1.54) is 0 Å². The molecule has 0 unspecified atom stereocenters. The first kappa shape index (κ1) is 17.7. The van der Waals surface area contributed by atoms with E-state index in [1.54, 1.807) is 24.3 Å². The van der Waals surface area contributed by atoms with Gasteiger partial charge in [-0.1, -0.05) is 12.1 Å². The minimum Gasteiger partial charge on any atom is -0.450 e. The molecule has 5 nitrogen and oxygen atoms in total. The lowest BCUT2D eigenvalue weighted by atomic mass is 10.1. The Morgan fingerprint density at radius 2 is 1.79 bits per heavy atom. The van der Waals surface area contributed by atoms with Crippen LogP contribution in [0.15, 0.2) is 42.5 Å². The van der Waals surface area contributed by atoms with E-state index < -0.39 is 22.4 Å². The van der Waals surface area contributed by atoms with Crippen molar-refractivity contribution in [2.75, 3.05) is 6.54 Å². The molecular formula is C16H15F3N2O3.